The van der Waals surface area contributed by atoms with Gasteiger partial charge >= 0.3 is 17.9 Å². The summed E-state index contributed by atoms with van der Waals surface area (Å²) >= 11 is 0. The summed E-state index contributed by atoms with van der Waals surface area (Å²) in [6.07, 6.45) is 1.39. The Kier molecular flexibility index (Phi) is 8.93. The van der Waals surface area contributed by atoms with Gasteiger partial charge in [-0.05, 0) is 62.9 Å². The van der Waals surface area contributed by atoms with Crippen molar-refractivity contribution in [3.63, 3.8) is 0 Å². The van der Waals surface area contributed by atoms with Crippen molar-refractivity contribution >= 4 is 11.9 Å². The van der Waals surface area contributed by atoms with Crippen molar-refractivity contribution < 1.29 is 63.5 Å². The summed E-state index contributed by atoms with van der Waals surface area (Å²) in [5.41, 5.74) is -8.74. The Hall–Kier alpha value is -2.72. The van der Waals surface area contributed by atoms with E-state index in [2.05, 4.69) is 6.92 Å². The molecule has 13 nitrogen and oxygen atoms in total. The van der Waals surface area contributed by atoms with Crippen LogP contribution in [0.25, 0.3) is 0 Å². The normalized spacial score (nSPS) is 53.8. The molecule has 0 radical (unpaired) electrons. The van der Waals surface area contributed by atoms with E-state index in [0.29, 0.717) is 18.4 Å². The molecule has 1 unspecified atom stereocenters. The van der Waals surface area contributed by atoms with Gasteiger partial charge in [0, 0.05) is 41.7 Å². The molecule has 13 heteroatoms. The summed E-state index contributed by atoms with van der Waals surface area (Å²) < 4.78 is 39.3. The highest BCUT2D eigenvalue weighted by Crippen LogP contribution is 2.74. The Morgan fingerprint density at radius 1 is 0.964 bits per heavy atom. The van der Waals surface area contributed by atoms with Gasteiger partial charge in [0.15, 0.2) is 0 Å². The summed E-state index contributed by atoms with van der Waals surface area (Å²) in [5, 5.41) is 62.8. The Morgan fingerprint density at radius 2 is 1.70 bits per heavy atom. The van der Waals surface area contributed by atoms with Crippen molar-refractivity contribution in [1.82, 2.24) is 0 Å². The standard InChI is InChI=1S/C43H56O13/c1-22(2)19-32(46)51-28-13-9-10-14-31(45)52-30-18-17-29-40(30,49)37(47)39(21-44)35(53-39)33-36-42(50,38(5,48)20-25-15-16-27(28)23(25)3)34-24(4)41(29,33)56-43(54-34,55-36)26-11-7-6-8-12-26/h6-14,22-25,27-30,33-37,44,47-50H,15-21H2,1-5H3/b13-9-,14-10+/t23-,24+,25+,27-,28+,29+,30-,33-,34-,35-,36+,37+,38+,39-,40+,41-,42-,43?/m0/s1. The van der Waals surface area contributed by atoms with Crippen LogP contribution < -0.4 is 0 Å². The molecule has 1 aromatic rings. The Labute approximate surface area is 326 Å². The smallest absolute Gasteiger partial charge is 0.331 e. The quantitative estimate of drug-likeness (QED) is 0.217. The molecule has 18 atom stereocenters. The van der Waals surface area contributed by atoms with Crippen LogP contribution in [0.4, 0.5) is 0 Å². The van der Waals surface area contributed by atoms with Gasteiger partial charge in [-0.15, -0.1) is 0 Å². The molecule has 9 aliphatic rings. The Balaban J connectivity index is 1.21. The summed E-state index contributed by atoms with van der Waals surface area (Å²) in [5.74, 6) is -5.74. The topological polar surface area (TPSA) is 194 Å². The van der Waals surface area contributed by atoms with E-state index in [-0.39, 0.29) is 55.3 Å². The third kappa shape index (κ3) is 5.05. The second-order valence-electron chi connectivity index (χ2n) is 18.7. The van der Waals surface area contributed by atoms with Crippen LogP contribution in [0.5, 0.6) is 0 Å². The van der Waals surface area contributed by atoms with E-state index in [1.165, 1.54) is 12.2 Å². The zero-order chi connectivity index (χ0) is 39.8. The Morgan fingerprint density at radius 3 is 2.41 bits per heavy atom. The van der Waals surface area contributed by atoms with E-state index >= 15 is 0 Å². The molecule has 306 valence electrons. The summed E-state index contributed by atoms with van der Waals surface area (Å²) in [6, 6.07) is 9.03. The minimum absolute atomic E-state index is 0.0587. The number of fused-ring (bicyclic) bond motifs is 3. The van der Waals surface area contributed by atoms with Crippen LogP contribution in [0.2, 0.25) is 0 Å². The van der Waals surface area contributed by atoms with Crippen LogP contribution >= 0.6 is 0 Å². The van der Waals surface area contributed by atoms with E-state index in [0.717, 1.165) is 0 Å². The van der Waals surface area contributed by atoms with Gasteiger partial charge < -0.3 is 54.0 Å². The van der Waals surface area contributed by atoms with Gasteiger partial charge in [0.05, 0.1) is 17.8 Å². The van der Waals surface area contributed by atoms with Crippen LogP contribution in [0.15, 0.2) is 54.6 Å². The zero-order valence-corrected chi connectivity index (χ0v) is 32.7. The lowest BCUT2D eigenvalue weighted by molar-refractivity contribution is -0.595. The summed E-state index contributed by atoms with van der Waals surface area (Å²) in [4.78, 5) is 26.6. The first kappa shape index (κ1) is 38.8. The fourth-order valence-corrected chi connectivity index (χ4v) is 12.7. The first-order valence-corrected chi connectivity index (χ1v) is 20.5. The van der Waals surface area contributed by atoms with Crippen LogP contribution in [-0.4, -0.2) is 109 Å². The summed E-state index contributed by atoms with van der Waals surface area (Å²) in [7, 11) is 0. The molecule has 10 bridgehead atoms. The fourth-order valence-electron chi connectivity index (χ4n) is 12.7. The van der Waals surface area contributed by atoms with Crippen LogP contribution in [-0.2, 0) is 44.0 Å². The van der Waals surface area contributed by atoms with Crippen molar-refractivity contribution in [2.75, 3.05) is 6.61 Å². The number of aliphatic hydroxyl groups excluding tert-OH is 2. The Bertz CT molecular complexity index is 1800. The molecule has 1 spiro atoms. The third-order valence-corrected chi connectivity index (χ3v) is 15.4. The molecule has 5 N–H and O–H groups in total. The molecule has 8 fully saturated rings. The first-order valence-electron chi connectivity index (χ1n) is 20.5. The minimum atomic E-state index is -2.18. The van der Waals surface area contributed by atoms with Gasteiger partial charge in [0.25, 0.3) is 0 Å². The predicted octanol–water partition coefficient (Wildman–Crippen LogP) is 2.79. The number of epoxide rings is 1. The maximum atomic E-state index is 13.5. The average Bonchev–Trinajstić information content (AvgIpc) is 3.66. The maximum Gasteiger partial charge on any atom is 0.331 e. The number of ether oxygens (including phenoxy) is 6. The molecular weight excluding hydrogens is 724 g/mol. The highest BCUT2D eigenvalue weighted by molar-refractivity contribution is 5.82. The van der Waals surface area contributed by atoms with Crippen molar-refractivity contribution in [3.05, 3.63) is 60.2 Å². The number of hydrogen-bond donors (Lipinski definition) is 5. The number of benzene rings is 1. The lowest BCUT2D eigenvalue weighted by Gasteiger charge is -2.74. The number of carbonyl (C=O) groups excluding carboxylic acids is 2. The number of carbonyl (C=O) groups is 2. The van der Waals surface area contributed by atoms with Crippen LogP contribution in [0.3, 0.4) is 0 Å². The summed E-state index contributed by atoms with van der Waals surface area (Å²) in [6.45, 7) is 8.76. The second-order valence-corrected chi connectivity index (χ2v) is 18.7. The zero-order valence-electron chi connectivity index (χ0n) is 32.7. The van der Waals surface area contributed by atoms with E-state index in [4.69, 9.17) is 28.4 Å². The molecule has 0 amide bonds. The fraction of sp³-hybridized carbons (Fsp3) is 0.721. The monoisotopic (exact) mass is 780 g/mol. The van der Waals surface area contributed by atoms with Crippen LogP contribution in [0, 0.1) is 41.4 Å². The molecule has 0 aromatic heterocycles. The van der Waals surface area contributed by atoms with Gasteiger partial charge in [-0.3, -0.25) is 4.79 Å². The lowest BCUT2D eigenvalue weighted by atomic mass is 9.49. The second kappa shape index (κ2) is 12.9. The van der Waals surface area contributed by atoms with Gasteiger partial charge in [-0.2, -0.15) is 0 Å². The van der Waals surface area contributed by atoms with Crippen molar-refractivity contribution in [2.45, 2.75) is 144 Å². The van der Waals surface area contributed by atoms with Gasteiger partial charge in [0.1, 0.15) is 53.4 Å². The molecule has 4 saturated carbocycles. The maximum absolute atomic E-state index is 13.5. The van der Waals surface area contributed by atoms with Crippen molar-refractivity contribution in [3.8, 4) is 0 Å². The number of rotatable bonds is 5. The highest BCUT2D eigenvalue weighted by atomic mass is 16.9. The van der Waals surface area contributed by atoms with E-state index in [9.17, 15) is 35.1 Å². The number of hydrogen-bond acceptors (Lipinski definition) is 13. The molecule has 5 aliphatic heterocycles. The molecule has 4 saturated heterocycles. The molecule has 1 aromatic carbocycles. The minimum Gasteiger partial charge on any atom is -0.458 e. The molecule has 4 aliphatic carbocycles. The highest BCUT2D eigenvalue weighted by Gasteiger charge is 2.90. The molecular formula is C43H56O13. The van der Waals surface area contributed by atoms with E-state index in [1.807, 2.05) is 39.0 Å². The molecule has 56 heavy (non-hydrogen) atoms. The number of esters is 2. The van der Waals surface area contributed by atoms with Crippen molar-refractivity contribution in [2.24, 2.45) is 41.4 Å². The van der Waals surface area contributed by atoms with Crippen LogP contribution in [0.1, 0.15) is 78.7 Å². The lowest BCUT2D eigenvalue weighted by Crippen LogP contribution is -2.89. The molecule has 10 rings (SSSR count). The average molecular weight is 781 g/mol. The predicted molar refractivity (Wildman–Crippen MR) is 196 cm³/mol. The van der Waals surface area contributed by atoms with Gasteiger partial charge in [-0.25, -0.2) is 4.79 Å². The number of allylic oxidation sites excluding steroid dienone is 2. The first-order chi connectivity index (χ1) is 26.5. The largest absolute Gasteiger partial charge is 0.458 e. The SMILES string of the molecule is CC(C)CC(=O)O[C@@H]1/C=C\C=C\C(=O)O[C@H]2CC[C@@H]3[C@]2(O)[C@H](O)[C@@]2(CO)O[C@H]2[C@H]2[C@H]4OC5(c6ccccc6)O[C@@H]([C@@H](C)[C@@]23O5)[C@@]4(O)[C@](C)(O)C[C@H]2CC[C@H]1[C@H]2C. The third-order valence-electron chi connectivity index (χ3n) is 15.4. The van der Waals surface area contributed by atoms with Crippen molar-refractivity contribution in [1.29, 1.82) is 0 Å². The van der Waals surface area contributed by atoms with E-state index in [1.54, 1.807) is 31.2 Å². The van der Waals surface area contributed by atoms with Gasteiger partial charge in [0.2, 0.25) is 0 Å². The van der Waals surface area contributed by atoms with Gasteiger partial charge in [-0.1, -0.05) is 70.2 Å². The molecule has 5 heterocycles. The van der Waals surface area contributed by atoms with E-state index < -0.39 is 101 Å². The number of aliphatic hydroxyl groups is 5.